The van der Waals surface area contributed by atoms with E-state index in [9.17, 15) is 0 Å². The number of aromatic nitrogens is 2. The summed E-state index contributed by atoms with van der Waals surface area (Å²) >= 11 is 0. The summed E-state index contributed by atoms with van der Waals surface area (Å²) in [4.78, 5) is 11.3. The van der Waals surface area contributed by atoms with E-state index in [0.717, 1.165) is 37.6 Å². The van der Waals surface area contributed by atoms with Gasteiger partial charge in [0.05, 0.1) is 18.1 Å². The molecule has 1 saturated heterocycles. The molecular formula is C14H24N4. The minimum absolute atomic E-state index is 0.454. The Morgan fingerprint density at radius 3 is 2.72 bits per heavy atom. The Hall–Kier alpha value is -1.16. The van der Waals surface area contributed by atoms with Crippen molar-refractivity contribution in [3.63, 3.8) is 0 Å². The molecule has 0 atom stereocenters. The summed E-state index contributed by atoms with van der Waals surface area (Å²) in [6.45, 7) is 11.0. The van der Waals surface area contributed by atoms with Crippen LogP contribution in [0.1, 0.15) is 39.3 Å². The molecule has 4 nitrogen and oxygen atoms in total. The van der Waals surface area contributed by atoms with Crippen LogP contribution in [0.5, 0.6) is 0 Å². The van der Waals surface area contributed by atoms with Crippen molar-refractivity contribution in [3.05, 3.63) is 18.1 Å². The second kappa shape index (κ2) is 5.65. The molecule has 0 spiro atoms. The standard InChI is InChI=1S/C14H24N4/c1-4-6-15-13-9-16-12(8-17-13)10-18-7-5-14(2,3)11-18/h8-9H,4-7,10-11H2,1-3H3,(H,15,17). The smallest absolute Gasteiger partial charge is 0.144 e. The van der Waals surface area contributed by atoms with Crippen LogP contribution in [-0.2, 0) is 6.54 Å². The summed E-state index contributed by atoms with van der Waals surface area (Å²) in [7, 11) is 0. The molecule has 0 aliphatic carbocycles. The van der Waals surface area contributed by atoms with E-state index in [1.165, 1.54) is 13.0 Å². The van der Waals surface area contributed by atoms with Gasteiger partial charge in [0, 0.05) is 19.6 Å². The zero-order valence-electron chi connectivity index (χ0n) is 11.7. The van der Waals surface area contributed by atoms with Crippen molar-refractivity contribution in [1.82, 2.24) is 14.9 Å². The maximum atomic E-state index is 4.48. The minimum atomic E-state index is 0.454. The number of anilines is 1. The van der Waals surface area contributed by atoms with E-state index in [2.05, 4.69) is 41.0 Å². The molecule has 0 unspecified atom stereocenters. The third-order valence-corrected chi connectivity index (χ3v) is 3.40. The molecule has 0 aromatic carbocycles. The van der Waals surface area contributed by atoms with E-state index in [1.54, 1.807) is 0 Å². The summed E-state index contributed by atoms with van der Waals surface area (Å²) in [5.74, 6) is 0.877. The van der Waals surface area contributed by atoms with Gasteiger partial charge >= 0.3 is 0 Å². The lowest BCUT2D eigenvalue weighted by molar-refractivity contribution is 0.281. The maximum Gasteiger partial charge on any atom is 0.144 e. The summed E-state index contributed by atoms with van der Waals surface area (Å²) in [5, 5.41) is 3.24. The Balaban J connectivity index is 1.87. The van der Waals surface area contributed by atoms with Gasteiger partial charge in [-0.05, 0) is 24.8 Å². The number of rotatable bonds is 5. The first-order valence-corrected chi connectivity index (χ1v) is 6.86. The quantitative estimate of drug-likeness (QED) is 0.869. The molecule has 1 aliphatic heterocycles. The molecule has 18 heavy (non-hydrogen) atoms. The lowest BCUT2D eigenvalue weighted by atomic mass is 9.93. The third kappa shape index (κ3) is 3.67. The molecule has 2 heterocycles. The monoisotopic (exact) mass is 248 g/mol. The van der Waals surface area contributed by atoms with Gasteiger partial charge in [0.25, 0.3) is 0 Å². The van der Waals surface area contributed by atoms with Gasteiger partial charge in [-0.2, -0.15) is 0 Å². The van der Waals surface area contributed by atoms with E-state index >= 15 is 0 Å². The fourth-order valence-corrected chi connectivity index (χ4v) is 2.37. The number of hydrogen-bond acceptors (Lipinski definition) is 4. The van der Waals surface area contributed by atoms with E-state index in [4.69, 9.17) is 0 Å². The summed E-state index contributed by atoms with van der Waals surface area (Å²) in [6, 6.07) is 0. The van der Waals surface area contributed by atoms with Gasteiger partial charge in [-0.15, -0.1) is 0 Å². The van der Waals surface area contributed by atoms with Gasteiger partial charge in [0.15, 0.2) is 0 Å². The largest absolute Gasteiger partial charge is 0.369 e. The first kappa shape index (κ1) is 13.3. The Labute approximate surface area is 110 Å². The van der Waals surface area contributed by atoms with Gasteiger partial charge in [-0.1, -0.05) is 20.8 Å². The van der Waals surface area contributed by atoms with E-state index in [0.29, 0.717) is 5.41 Å². The van der Waals surface area contributed by atoms with Crippen LogP contribution < -0.4 is 5.32 Å². The number of likely N-dealkylation sites (tertiary alicyclic amines) is 1. The molecule has 1 aliphatic rings. The molecule has 0 amide bonds. The SMILES string of the molecule is CCCNc1cnc(CN2CCC(C)(C)C2)cn1. The number of hydrogen-bond donors (Lipinski definition) is 1. The molecule has 2 rings (SSSR count). The van der Waals surface area contributed by atoms with Gasteiger partial charge in [-0.25, -0.2) is 4.98 Å². The normalized spacial score (nSPS) is 19.1. The van der Waals surface area contributed by atoms with E-state index in [1.807, 2.05) is 12.4 Å². The highest BCUT2D eigenvalue weighted by Crippen LogP contribution is 2.29. The molecule has 1 aromatic heterocycles. The maximum absolute atomic E-state index is 4.48. The summed E-state index contributed by atoms with van der Waals surface area (Å²) in [6.07, 6.45) is 6.11. The Bertz CT molecular complexity index is 372. The average Bonchev–Trinajstić information content (AvgIpc) is 2.68. The van der Waals surface area contributed by atoms with Crippen LogP contribution >= 0.6 is 0 Å². The predicted molar refractivity (Wildman–Crippen MR) is 74.5 cm³/mol. The van der Waals surface area contributed by atoms with Crippen LogP contribution in [0.2, 0.25) is 0 Å². The Kier molecular flexibility index (Phi) is 4.17. The third-order valence-electron chi connectivity index (χ3n) is 3.40. The number of nitrogens with one attached hydrogen (secondary N) is 1. The van der Waals surface area contributed by atoms with Crippen LogP contribution in [0.15, 0.2) is 12.4 Å². The molecular weight excluding hydrogens is 224 g/mol. The number of nitrogens with zero attached hydrogens (tertiary/aromatic N) is 3. The Morgan fingerprint density at radius 1 is 1.33 bits per heavy atom. The van der Waals surface area contributed by atoms with Crippen molar-refractivity contribution in [1.29, 1.82) is 0 Å². The fraction of sp³-hybridized carbons (Fsp3) is 0.714. The predicted octanol–water partition coefficient (Wildman–Crippen LogP) is 2.53. The van der Waals surface area contributed by atoms with Crippen molar-refractivity contribution in [2.24, 2.45) is 5.41 Å². The highest BCUT2D eigenvalue weighted by Gasteiger charge is 2.29. The Morgan fingerprint density at radius 2 is 2.17 bits per heavy atom. The van der Waals surface area contributed by atoms with Crippen molar-refractivity contribution < 1.29 is 0 Å². The topological polar surface area (TPSA) is 41.1 Å². The van der Waals surface area contributed by atoms with Crippen LogP contribution in [0.4, 0.5) is 5.82 Å². The molecule has 0 saturated carbocycles. The molecule has 1 N–H and O–H groups in total. The van der Waals surface area contributed by atoms with Gasteiger partial charge in [0.1, 0.15) is 5.82 Å². The average molecular weight is 248 g/mol. The summed E-state index contributed by atoms with van der Waals surface area (Å²) in [5.41, 5.74) is 1.52. The minimum Gasteiger partial charge on any atom is -0.369 e. The molecule has 1 aromatic rings. The molecule has 1 fully saturated rings. The fourth-order valence-electron chi connectivity index (χ4n) is 2.37. The van der Waals surface area contributed by atoms with E-state index in [-0.39, 0.29) is 0 Å². The van der Waals surface area contributed by atoms with Gasteiger partial charge in [0.2, 0.25) is 0 Å². The highest BCUT2D eigenvalue weighted by molar-refractivity contribution is 5.30. The van der Waals surface area contributed by atoms with Gasteiger partial charge < -0.3 is 5.32 Å². The zero-order valence-corrected chi connectivity index (χ0v) is 11.7. The highest BCUT2D eigenvalue weighted by atomic mass is 15.2. The van der Waals surface area contributed by atoms with Crippen LogP contribution in [0.3, 0.4) is 0 Å². The second-order valence-corrected chi connectivity index (χ2v) is 5.94. The van der Waals surface area contributed by atoms with Crippen LogP contribution in [-0.4, -0.2) is 34.5 Å². The lowest BCUT2D eigenvalue weighted by Crippen LogP contribution is -2.23. The van der Waals surface area contributed by atoms with Crippen molar-refractivity contribution in [2.45, 2.75) is 40.2 Å². The van der Waals surface area contributed by atoms with Crippen molar-refractivity contribution in [3.8, 4) is 0 Å². The molecule has 100 valence electrons. The molecule has 4 heteroatoms. The van der Waals surface area contributed by atoms with Crippen molar-refractivity contribution >= 4 is 5.82 Å². The second-order valence-electron chi connectivity index (χ2n) is 5.94. The van der Waals surface area contributed by atoms with Crippen molar-refractivity contribution in [2.75, 3.05) is 25.0 Å². The lowest BCUT2D eigenvalue weighted by Gasteiger charge is -2.19. The first-order chi connectivity index (χ1) is 8.59. The molecule has 0 bridgehead atoms. The van der Waals surface area contributed by atoms with Crippen LogP contribution in [0.25, 0.3) is 0 Å². The first-order valence-electron chi connectivity index (χ1n) is 6.86. The molecule has 0 radical (unpaired) electrons. The van der Waals surface area contributed by atoms with Crippen LogP contribution in [0, 0.1) is 5.41 Å². The summed E-state index contributed by atoms with van der Waals surface area (Å²) < 4.78 is 0. The van der Waals surface area contributed by atoms with Gasteiger partial charge in [-0.3, -0.25) is 9.88 Å². The van der Waals surface area contributed by atoms with E-state index < -0.39 is 0 Å². The zero-order chi connectivity index (χ0) is 13.0.